The van der Waals surface area contributed by atoms with Gasteiger partial charge in [-0.05, 0) is 57.0 Å². The molecule has 3 rings (SSSR count). The fourth-order valence-electron chi connectivity index (χ4n) is 5.32. The fourth-order valence-corrected chi connectivity index (χ4v) is 5.32. The van der Waals surface area contributed by atoms with Gasteiger partial charge in [-0.2, -0.15) is 0 Å². The van der Waals surface area contributed by atoms with Crippen LogP contribution in [0.15, 0.2) is 0 Å². The molecular formula is C20H35NO3. The Labute approximate surface area is 147 Å². The first-order chi connectivity index (χ1) is 11.3. The van der Waals surface area contributed by atoms with Crippen molar-refractivity contribution in [2.24, 2.45) is 23.2 Å². The summed E-state index contributed by atoms with van der Waals surface area (Å²) in [5.41, 5.74) is -0.218. The molecule has 0 radical (unpaired) electrons. The van der Waals surface area contributed by atoms with E-state index < -0.39 is 0 Å². The molecule has 3 fully saturated rings. The van der Waals surface area contributed by atoms with Crippen LogP contribution in [0.2, 0.25) is 0 Å². The lowest BCUT2D eigenvalue weighted by atomic mass is 9.74. The molecule has 4 heteroatoms. The first-order valence-electron chi connectivity index (χ1n) is 9.86. The first-order valence-corrected chi connectivity index (χ1v) is 9.86. The van der Waals surface area contributed by atoms with Crippen molar-refractivity contribution in [2.45, 2.75) is 84.7 Å². The average Bonchev–Trinajstić information content (AvgIpc) is 3.03. The minimum absolute atomic E-state index is 0.0900. The number of ether oxygens (including phenoxy) is 2. The molecule has 1 unspecified atom stereocenters. The lowest BCUT2D eigenvalue weighted by Crippen LogP contribution is -2.49. The quantitative estimate of drug-likeness (QED) is 0.731. The third-order valence-corrected chi connectivity index (χ3v) is 6.84. The number of nitrogens with zero attached hydrogens (tertiary/aromatic N) is 1. The molecule has 0 bridgehead atoms. The molecule has 4 nitrogen and oxygen atoms in total. The molecule has 0 aromatic rings. The largest absolute Gasteiger partial charge is 0.435 e. The van der Waals surface area contributed by atoms with E-state index in [0.29, 0.717) is 30.2 Å². The maximum Gasteiger partial charge on any atom is 0.308 e. The van der Waals surface area contributed by atoms with E-state index in [0.717, 1.165) is 19.4 Å². The molecule has 138 valence electrons. The minimum Gasteiger partial charge on any atom is -0.435 e. The second kappa shape index (κ2) is 6.95. The zero-order chi connectivity index (χ0) is 17.5. The van der Waals surface area contributed by atoms with E-state index in [9.17, 15) is 4.79 Å². The molecule has 6 atom stereocenters. The molecule has 2 aliphatic heterocycles. The van der Waals surface area contributed by atoms with Crippen LogP contribution in [-0.4, -0.2) is 42.9 Å². The van der Waals surface area contributed by atoms with Gasteiger partial charge in [0.05, 0.1) is 17.9 Å². The lowest BCUT2D eigenvalue weighted by Gasteiger charge is -2.43. The Balaban J connectivity index is 1.77. The van der Waals surface area contributed by atoms with E-state index in [-0.39, 0.29) is 23.8 Å². The maximum absolute atomic E-state index is 12.1. The molecule has 0 spiro atoms. The predicted octanol–water partition coefficient (Wildman–Crippen LogP) is 3.84. The number of hydrogen-bond acceptors (Lipinski definition) is 4. The molecule has 0 aromatic heterocycles. The van der Waals surface area contributed by atoms with Gasteiger partial charge in [-0.15, -0.1) is 0 Å². The summed E-state index contributed by atoms with van der Waals surface area (Å²) in [5, 5.41) is 0. The summed E-state index contributed by atoms with van der Waals surface area (Å²) < 4.78 is 12.3. The summed E-state index contributed by atoms with van der Waals surface area (Å²) >= 11 is 0. The molecular weight excluding hydrogens is 302 g/mol. The van der Waals surface area contributed by atoms with Gasteiger partial charge in [0.25, 0.3) is 0 Å². The number of rotatable bonds is 4. The van der Waals surface area contributed by atoms with Crippen molar-refractivity contribution in [1.82, 2.24) is 4.90 Å². The van der Waals surface area contributed by atoms with Gasteiger partial charge in [0.1, 0.15) is 0 Å². The average molecular weight is 338 g/mol. The van der Waals surface area contributed by atoms with Crippen molar-refractivity contribution >= 4 is 5.97 Å². The topological polar surface area (TPSA) is 38.8 Å². The normalized spacial score (nSPS) is 44.2. The van der Waals surface area contributed by atoms with E-state index in [1.54, 1.807) is 0 Å². The highest BCUT2D eigenvalue weighted by Gasteiger charge is 2.54. The van der Waals surface area contributed by atoms with Crippen LogP contribution >= 0.6 is 0 Å². The Morgan fingerprint density at radius 3 is 2.67 bits per heavy atom. The monoisotopic (exact) mass is 337 g/mol. The number of carbonyl (C=O) groups is 1. The molecule has 2 saturated heterocycles. The second-order valence-corrected chi connectivity index (χ2v) is 9.14. The van der Waals surface area contributed by atoms with Crippen molar-refractivity contribution in [3.63, 3.8) is 0 Å². The van der Waals surface area contributed by atoms with Crippen molar-refractivity contribution in [1.29, 1.82) is 0 Å². The molecule has 0 aromatic carbocycles. The van der Waals surface area contributed by atoms with Gasteiger partial charge < -0.3 is 14.4 Å². The Morgan fingerprint density at radius 1 is 1.29 bits per heavy atom. The zero-order valence-electron chi connectivity index (χ0n) is 16.1. The summed E-state index contributed by atoms with van der Waals surface area (Å²) in [5.74, 6) is 1.79. The van der Waals surface area contributed by atoms with Crippen LogP contribution in [0.1, 0.15) is 66.2 Å². The van der Waals surface area contributed by atoms with Gasteiger partial charge in [-0.3, -0.25) is 4.79 Å². The number of likely N-dealkylation sites (tertiary alicyclic amines) is 1. The Kier molecular flexibility index (Phi) is 5.27. The fraction of sp³-hybridized carbons (Fsp3) is 0.950. The zero-order valence-corrected chi connectivity index (χ0v) is 16.1. The summed E-state index contributed by atoms with van der Waals surface area (Å²) in [6.45, 7) is 10.2. The molecule has 1 saturated carbocycles. The summed E-state index contributed by atoms with van der Waals surface area (Å²) in [6.07, 6.45) is 6.27. The summed E-state index contributed by atoms with van der Waals surface area (Å²) in [7, 11) is 2.17. The smallest absolute Gasteiger partial charge is 0.308 e. The van der Waals surface area contributed by atoms with Crippen LogP contribution in [0, 0.1) is 23.2 Å². The Morgan fingerprint density at radius 2 is 2.04 bits per heavy atom. The van der Waals surface area contributed by atoms with Crippen LogP contribution in [0.5, 0.6) is 0 Å². The standard InChI is InChI=1S/C20H35NO3/c1-13(2)15-9-8-14(3)11-16(15)23-19-20(4,12-18(22)24-19)17-7-6-10-21(17)5/h13-17,19H,6-12H2,1-5H3/t14-,15+,16-,17?,19-,20+/m0/s1. The molecule has 24 heavy (non-hydrogen) atoms. The number of hydrogen-bond donors (Lipinski definition) is 0. The van der Waals surface area contributed by atoms with Crippen LogP contribution < -0.4 is 0 Å². The van der Waals surface area contributed by atoms with Crippen molar-refractivity contribution < 1.29 is 14.3 Å². The first kappa shape index (κ1) is 18.2. The lowest BCUT2D eigenvalue weighted by molar-refractivity contribution is -0.217. The highest BCUT2D eigenvalue weighted by atomic mass is 16.7. The third kappa shape index (κ3) is 3.37. The second-order valence-electron chi connectivity index (χ2n) is 9.14. The number of cyclic esters (lactones) is 1. The Hall–Kier alpha value is -0.610. The van der Waals surface area contributed by atoms with E-state index in [2.05, 4.69) is 39.6 Å². The molecule has 3 aliphatic rings. The predicted molar refractivity (Wildman–Crippen MR) is 94.5 cm³/mol. The van der Waals surface area contributed by atoms with E-state index in [1.807, 2.05) is 0 Å². The van der Waals surface area contributed by atoms with E-state index in [4.69, 9.17) is 9.47 Å². The van der Waals surface area contributed by atoms with Crippen LogP contribution in [0.25, 0.3) is 0 Å². The molecule has 0 amide bonds. The van der Waals surface area contributed by atoms with Gasteiger partial charge in [0, 0.05) is 6.04 Å². The molecule has 0 N–H and O–H groups in total. The third-order valence-electron chi connectivity index (χ3n) is 6.84. The van der Waals surface area contributed by atoms with Crippen molar-refractivity contribution in [3.8, 4) is 0 Å². The van der Waals surface area contributed by atoms with E-state index >= 15 is 0 Å². The van der Waals surface area contributed by atoms with Crippen LogP contribution in [0.4, 0.5) is 0 Å². The van der Waals surface area contributed by atoms with Gasteiger partial charge >= 0.3 is 5.97 Å². The van der Waals surface area contributed by atoms with Crippen molar-refractivity contribution in [3.05, 3.63) is 0 Å². The van der Waals surface area contributed by atoms with Gasteiger partial charge in [0.15, 0.2) is 0 Å². The van der Waals surface area contributed by atoms with Crippen LogP contribution in [0.3, 0.4) is 0 Å². The molecule has 2 heterocycles. The minimum atomic E-state index is -0.382. The summed E-state index contributed by atoms with van der Waals surface area (Å²) in [4.78, 5) is 14.5. The SMILES string of the molecule is CC(C)[C@H]1CC[C@H](C)C[C@@H]1O[C@H]1OC(=O)C[C@]1(C)C1CCCN1C. The molecule has 1 aliphatic carbocycles. The highest BCUT2D eigenvalue weighted by molar-refractivity contribution is 5.73. The number of esters is 1. The van der Waals surface area contributed by atoms with Crippen molar-refractivity contribution in [2.75, 3.05) is 13.6 Å². The van der Waals surface area contributed by atoms with Crippen LogP contribution in [-0.2, 0) is 14.3 Å². The maximum atomic E-state index is 12.1. The van der Waals surface area contributed by atoms with Gasteiger partial charge in [0.2, 0.25) is 6.29 Å². The van der Waals surface area contributed by atoms with Gasteiger partial charge in [-0.1, -0.05) is 34.1 Å². The van der Waals surface area contributed by atoms with Gasteiger partial charge in [-0.25, -0.2) is 0 Å². The van der Waals surface area contributed by atoms with E-state index in [1.165, 1.54) is 19.3 Å². The highest BCUT2D eigenvalue weighted by Crippen LogP contribution is 2.47. The Bertz CT molecular complexity index is 466. The number of carbonyl (C=O) groups excluding carboxylic acids is 1. The summed E-state index contributed by atoms with van der Waals surface area (Å²) in [6, 6.07) is 0.382.